The number of rotatable bonds is 7. The van der Waals surface area contributed by atoms with E-state index in [1.807, 2.05) is 36.4 Å². The number of thiazole rings is 1. The third kappa shape index (κ3) is 6.18. The monoisotopic (exact) mass is 476 g/mol. The van der Waals surface area contributed by atoms with E-state index in [1.54, 1.807) is 36.4 Å². The molecule has 3 aromatic carbocycles. The van der Waals surface area contributed by atoms with Crippen molar-refractivity contribution in [1.82, 2.24) is 4.98 Å². The Morgan fingerprint density at radius 2 is 1.52 bits per heavy atom. The van der Waals surface area contributed by atoms with Crippen molar-refractivity contribution in [3.8, 4) is 0 Å². The van der Waals surface area contributed by atoms with Crippen molar-refractivity contribution in [3.63, 3.8) is 0 Å². The van der Waals surface area contributed by atoms with E-state index in [4.69, 9.17) is 0 Å². The molecule has 0 saturated carbocycles. The van der Waals surface area contributed by atoms with Gasteiger partial charge in [0.05, 0.1) is 16.0 Å². The van der Waals surface area contributed by atoms with Gasteiger partial charge in [0, 0.05) is 29.5 Å². The van der Waals surface area contributed by atoms with E-state index in [9.17, 15) is 14.4 Å². The van der Waals surface area contributed by atoms with Gasteiger partial charge in [0.2, 0.25) is 11.8 Å². The summed E-state index contributed by atoms with van der Waals surface area (Å²) >= 11 is 2.82. The molecular formula is C24H20N4O3S2. The van der Waals surface area contributed by atoms with Crippen LogP contribution in [-0.4, -0.2) is 28.5 Å². The molecule has 7 nitrogen and oxygen atoms in total. The van der Waals surface area contributed by atoms with Crippen LogP contribution in [0.2, 0.25) is 0 Å². The minimum absolute atomic E-state index is 0.148. The second-order valence-corrected chi connectivity index (χ2v) is 9.33. The zero-order chi connectivity index (χ0) is 23.2. The van der Waals surface area contributed by atoms with Crippen molar-refractivity contribution in [2.75, 3.05) is 21.7 Å². The van der Waals surface area contributed by atoms with Gasteiger partial charge < -0.3 is 16.0 Å². The van der Waals surface area contributed by atoms with E-state index >= 15 is 0 Å². The highest BCUT2D eigenvalue weighted by atomic mass is 32.2. The molecule has 9 heteroatoms. The third-order valence-corrected chi connectivity index (χ3v) is 6.64. The van der Waals surface area contributed by atoms with Gasteiger partial charge in [-0.1, -0.05) is 30.0 Å². The summed E-state index contributed by atoms with van der Waals surface area (Å²) in [5.74, 6) is -0.256. The zero-order valence-corrected chi connectivity index (χ0v) is 19.3. The summed E-state index contributed by atoms with van der Waals surface area (Å²) in [5.41, 5.74) is 3.42. The quantitative estimate of drug-likeness (QED) is 0.317. The minimum Gasteiger partial charge on any atom is -0.326 e. The van der Waals surface area contributed by atoms with Crippen LogP contribution in [0.4, 0.5) is 17.1 Å². The lowest BCUT2D eigenvalue weighted by Gasteiger charge is -2.06. The Hall–Kier alpha value is -3.69. The number of carbonyl (C=O) groups is 3. The highest BCUT2D eigenvalue weighted by molar-refractivity contribution is 8.01. The van der Waals surface area contributed by atoms with Crippen molar-refractivity contribution in [2.24, 2.45) is 0 Å². The van der Waals surface area contributed by atoms with Gasteiger partial charge >= 0.3 is 0 Å². The van der Waals surface area contributed by atoms with Gasteiger partial charge in [-0.25, -0.2) is 4.98 Å². The molecule has 0 aliphatic heterocycles. The summed E-state index contributed by atoms with van der Waals surface area (Å²) < 4.78 is 1.70. The second kappa shape index (κ2) is 10.3. The Kier molecular flexibility index (Phi) is 7.01. The van der Waals surface area contributed by atoms with Crippen molar-refractivity contribution >= 4 is 68.1 Å². The Bertz CT molecular complexity index is 1300. The third-order valence-electron chi connectivity index (χ3n) is 4.48. The molecule has 1 heterocycles. The number of anilines is 3. The van der Waals surface area contributed by atoms with Crippen molar-refractivity contribution in [1.29, 1.82) is 0 Å². The van der Waals surface area contributed by atoms with Crippen LogP contribution in [-0.2, 0) is 9.59 Å². The fourth-order valence-corrected chi connectivity index (χ4v) is 4.91. The standard InChI is InChI=1S/C24H20N4O3S2/c1-15(29)25-17-7-9-18(10-8-17)26-22(30)14-32-24-28-20-12-11-19(13-21(20)33-24)27-23(31)16-5-3-2-4-6-16/h2-13H,14H2,1H3,(H,25,29)(H,26,30)(H,27,31). The van der Waals surface area contributed by atoms with E-state index in [0.29, 0.717) is 22.6 Å². The SMILES string of the molecule is CC(=O)Nc1ccc(NC(=O)CSc2nc3ccc(NC(=O)c4ccccc4)cc3s2)cc1. The van der Waals surface area contributed by atoms with E-state index in [0.717, 1.165) is 14.6 Å². The first-order chi connectivity index (χ1) is 16.0. The molecule has 4 rings (SSSR count). The molecule has 0 radical (unpaired) electrons. The topological polar surface area (TPSA) is 100 Å². The van der Waals surface area contributed by atoms with Crippen molar-refractivity contribution < 1.29 is 14.4 Å². The van der Waals surface area contributed by atoms with Crippen LogP contribution in [0.15, 0.2) is 77.1 Å². The number of benzene rings is 3. The number of nitrogens with one attached hydrogen (secondary N) is 3. The summed E-state index contributed by atoms with van der Waals surface area (Å²) in [6.07, 6.45) is 0. The Morgan fingerprint density at radius 1 is 0.848 bits per heavy atom. The van der Waals surface area contributed by atoms with Gasteiger partial charge in [-0.3, -0.25) is 14.4 Å². The summed E-state index contributed by atoms with van der Waals surface area (Å²) in [5, 5.41) is 8.41. The molecule has 0 atom stereocenters. The molecule has 33 heavy (non-hydrogen) atoms. The van der Waals surface area contributed by atoms with Gasteiger partial charge in [-0.15, -0.1) is 11.3 Å². The smallest absolute Gasteiger partial charge is 0.255 e. The minimum atomic E-state index is -0.171. The number of thioether (sulfide) groups is 1. The van der Waals surface area contributed by atoms with E-state index in [-0.39, 0.29) is 23.5 Å². The Labute approximate surface area is 198 Å². The lowest BCUT2D eigenvalue weighted by molar-refractivity contribution is -0.114. The highest BCUT2D eigenvalue weighted by Crippen LogP contribution is 2.31. The van der Waals surface area contributed by atoms with E-state index < -0.39 is 0 Å². The van der Waals surface area contributed by atoms with Crippen LogP contribution in [0.25, 0.3) is 10.2 Å². The molecule has 0 saturated heterocycles. The highest BCUT2D eigenvalue weighted by Gasteiger charge is 2.11. The number of aromatic nitrogens is 1. The molecule has 3 N–H and O–H groups in total. The van der Waals surface area contributed by atoms with Gasteiger partial charge in [0.25, 0.3) is 5.91 Å². The number of nitrogens with zero attached hydrogens (tertiary/aromatic N) is 1. The summed E-state index contributed by atoms with van der Waals surface area (Å²) in [4.78, 5) is 40.3. The van der Waals surface area contributed by atoms with Crippen LogP contribution in [0.5, 0.6) is 0 Å². The van der Waals surface area contributed by atoms with Gasteiger partial charge in [0.1, 0.15) is 0 Å². The zero-order valence-electron chi connectivity index (χ0n) is 17.6. The Balaban J connectivity index is 1.33. The molecule has 1 aromatic heterocycles. The molecule has 3 amide bonds. The average Bonchev–Trinajstić information content (AvgIpc) is 3.21. The molecular weight excluding hydrogens is 456 g/mol. The van der Waals surface area contributed by atoms with E-state index in [1.165, 1.54) is 30.0 Å². The van der Waals surface area contributed by atoms with Crippen LogP contribution in [0.1, 0.15) is 17.3 Å². The number of hydrogen-bond donors (Lipinski definition) is 3. The van der Waals surface area contributed by atoms with Crippen molar-refractivity contribution in [3.05, 3.63) is 78.4 Å². The molecule has 0 aliphatic carbocycles. The fourth-order valence-electron chi connectivity index (χ4n) is 3.00. The molecule has 0 bridgehead atoms. The van der Waals surface area contributed by atoms with E-state index in [2.05, 4.69) is 20.9 Å². The number of fused-ring (bicyclic) bond motifs is 1. The first-order valence-electron chi connectivity index (χ1n) is 10.0. The van der Waals surface area contributed by atoms with Crippen LogP contribution in [0, 0.1) is 0 Å². The van der Waals surface area contributed by atoms with Gasteiger partial charge in [-0.05, 0) is 54.6 Å². The number of amides is 3. The maximum absolute atomic E-state index is 12.4. The summed E-state index contributed by atoms with van der Waals surface area (Å²) in [6, 6.07) is 21.5. The molecule has 0 unspecified atom stereocenters. The lowest BCUT2D eigenvalue weighted by Crippen LogP contribution is -2.14. The normalized spacial score (nSPS) is 10.6. The maximum atomic E-state index is 12.4. The first kappa shape index (κ1) is 22.5. The average molecular weight is 477 g/mol. The predicted molar refractivity (Wildman–Crippen MR) is 134 cm³/mol. The fraction of sp³-hybridized carbons (Fsp3) is 0.0833. The molecule has 0 spiro atoms. The van der Waals surface area contributed by atoms with Crippen LogP contribution < -0.4 is 16.0 Å². The maximum Gasteiger partial charge on any atom is 0.255 e. The lowest BCUT2D eigenvalue weighted by atomic mass is 10.2. The molecule has 0 fully saturated rings. The molecule has 166 valence electrons. The Morgan fingerprint density at radius 3 is 2.21 bits per heavy atom. The summed E-state index contributed by atoms with van der Waals surface area (Å²) in [7, 11) is 0. The van der Waals surface area contributed by atoms with Crippen LogP contribution in [0.3, 0.4) is 0 Å². The number of hydrogen-bond acceptors (Lipinski definition) is 6. The second-order valence-electron chi connectivity index (χ2n) is 7.08. The summed E-state index contributed by atoms with van der Waals surface area (Å²) in [6.45, 7) is 1.44. The van der Waals surface area contributed by atoms with Gasteiger partial charge in [0.15, 0.2) is 4.34 Å². The predicted octanol–water partition coefficient (Wildman–Crippen LogP) is 5.24. The number of carbonyl (C=O) groups excluding carboxylic acids is 3. The first-order valence-corrected chi connectivity index (χ1v) is 11.8. The molecule has 4 aromatic rings. The molecule has 0 aliphatic rings. The van der Waals surface area contributed by atoms with Crippen LogP contribution >= 0.6 is 23.1 Å². The largest absolute Gasteiger partial charge is 0.326 e. The van der Waals surface area contributed by atoms with Gasteiger partial charge in [-0.2, -0.15) is 0 Å². The van der Waals surface area contributed by atoms with Crippen molar-refractivity contribution in [2.45, 2.75) is 11.3 Å².